The first-order valence-electron chi connectivity index (χ1n) is 8.24. The fourth-order valence-electron chi connectivity index (χ4n) is 2.94. The van der Waals surface area contributed by atoms with Crippen LogP contribution in [0.15, 0.2) is 54.6 Å². The van der Waals surface area contributed by atoms with Crippen molar-refractivity contribution in [2.45, 2.75) is 19.7 Å². The van der Waals surface area contributed by atoms with Crippen LogP contribution in [0.25, 0.3) is 0 Å². The van der Waals surface area contributed by atoms with Crippen LogP contribution in [0.4, 0.5) is 5.69 Å². The molecule has 1 aromatic heterocycles. The van der Waals surface area contributed by atoms with Gasteiger partial charge in [0.2, 0.25) is 0 Å². The van der Waals surface area contributed by atoms with Gasteiger partial charge in [-0.2, -0.15) is 0 Å². The molecule has 0 spiro atoms. The minimum absolute atomic E-state index is 0.000345. The van der Waals surface area contributed by atoms with Gasteiger partial charge in [-0.1, -0.05) is 42.5 Å². The van der Waals surface area contributed by atoms with Gasteiger partial charge in [0.15, 0.2) is 17.4 Å². The Morgan fingerprint density at radius 2 is 1.88 bits per heavy atom. The van der Waals surface area contributed by atoms with Crippen molar-refractivity contribution >= 4 is 11.5 Å². The largest absolute Gasteiger partial charge is 0.377 e. The molecule has 0 fully saturated rings. The maximum atomic E-state index is 12.8. The van der Waals surface area contributed by atoms with Crippen molar-refractivity contribution in [2.75, 3.05) is 11.9 Å². The van der Waals surface area contributed by atoms with Crippen LogP contribution in [0.1, 0.15) is 27.6 Å². The van der Waals surface area contributed by atoms with Gasteiger partial charge in [-0.3, -0.25) is 4.79 Å². The molecule has 1 N–H and O–H groups in total. The summed E-state index contributed by atoms with van der Waals surface area (Å²) in [5, 5.41) is 11.7. The predicted octanol–water partition coefficient (Wildman–Crippen LogP) is 2.65. The van der Waals surface area contributed by atoms with Crippen LogP contribution >= 0.6 is 0 Å². The molecule has 3 aromatic rings. The number of benzene rings is 2. The highest BCUT2D eigenvalue weighted by Gasteiger charge is 2.17. The molecule has 6 nitrogen and oxygen atoms in total. The van der Waals surface area contributed by atoms with Gasteiger partial charge in [0.1, 0.15) is 6.61 Å². The molecule has 0 saturated heterocycles. The minimum Gasteiger partial charge on any atom is -0.377 e. The van der Waals surface area contributed by atoms with E-state index in [4.69, 9.17) is 4.74 Å². The van der Waals surface area contributed by atoms with E-state index in [-0.39, 0.29) is 5.78 Å². The number of fused-ring (bicyclic) bond motifs is 1. The van der Waals surface area contributed by atoms with E-state index < -0.39 is 0 Å². The third kappa shape index (κ3) is 3.16. The second-order valence-corrected chi connectivity index (χ2v) is 5.83. The molecule has 0 atom stereocenters. The first-order chi connectivity index (χ1) is 12.3. The number of carbonyl (C=O) groups is 1. The second-order valence-electron chi connectivity index (χ2n) is 5.83. The number of carbonyl (C=O) groups excluding carboxylic acids is 1. The van der Waals surface area contributed by atoms with Crippen LogP contribution < -0.4 is 5.32 Å². The SMILES string of the molecule is O=C(c1ccccc1)c1ccccc1NCc1nnc2n1CCOC2. The van der Waals surface area contributed by atoms with Crippen LogP contribution in [0.5, 0.6) is 0 Å². The number of hydrogen-bond acceptors (Lipinski definition) is 5. The minimum atomic E-state index is 0.000345. The van der Waals surface area contributed by atoms with Gasteiger partial charge in [0.25, 0.3) is 0 Å². The fraction of sp³-hybridized carbons (Fsp3) is 0.211. The van der Waals surface area contributed by atoms with Gasteiger partial charge in [-0.05, 0) is 12.1 Å². The Balaban J connectivity index is 1.56. The summed E-state index contributed by atoms with van der Waals surface area (Å²) in [6.07, 6.45) is 0. The summed E-state index contributed by atoms with van der Waals surface area (Å²) < 4.78 is 7.45. The number of hydrogen-bond donors (Lipinski definition) is 1. The predicted molar refractivity (Wildman–Crippen MR) is 93.3 cm³/mol. The molecule has 0 aliphatic carbocycles. The van der Waals surface area contributed by atoms with E-state index in [1.165, 1.54) is 0 Å². The summed E-state index contributed by atoms with van der Waals surface area (Å²) >= 11 is 0. The molecule has 126 valence electrons. The number of rotatable bonds is 5. The summed E-state index contributed by atoms with van der Waals surface area (Å²) in [4.78, 5) is 12.8. The van der Waals surface area contributed by atoms with Gasteiger partial charge in [0, 0.05) is 23.4 Å². The number of nitrogens with zero attached hydrogens (tertiary/aromatic N) is 3. The van der Waals surface area contributed by atoms with E-state index in [0.717, 1.165) is 23.9 Å². The third-order valence-electron chi connectivity index (χ3n) is 4.24. The topological polar surface area (TPSA) is 69.0 Å². The molecule has 4 rings (SSSR count). The molecule has 0 unspecified atom stereocenters. The molecule has 2 aromatic carbocycles. The van der Waals surface area contributed by atoms with E-state index >= 15 is 0 Å². The quantitative estimate of drug-likeness (QED) is 0.727. The molecule has 0 radical (unpaired) electrons. The second kappa shape index (κ2) is 6.86. The number of anilines is 1. The summed E-state index contributed by atoms with van der Waals surface area (Å²) in [6, 6.07) is 16.8. The molecule has 0 bridgehead atoms. The van der Waals surface area contributed by atoms with Crippen LogP contribution in [-0.4, -0.2) is 27.2 Å². The summed E-state index contributed by atoms with van der Waals surface area (Å²) in [7, 11) is 0. The Bertz CT molecular complexity index is 889. The average Bonchev–Trinajstić information content (AvgIpc) is 3.10. The van der Waals surface area contributed by atoms with Gasteiger partial charge in [-0.15, -0.1) is 10.2 Å². The van der Waals surface area contributed by atoms with Crippen molar-refractivity contribution < 1.29 is 9.53 Å². The van der Waals surface area contributed by atoms with Gasteiger partial charge in [0.05, 0.1) is 13.2 Å². The van der Waals surface area contributed by atoms with Crippen molar-refractivity contribution in [3.05, 3.63) is 77.4 Å². The third-order valence-corrected chi connectivity index (χ3v) is 4.24. The van der Waals surface area contributed by atoms with E-state index in [1.54, 1.807) is 0 Å². The van der Waals surface area contributed by atoms with E-state index in [9.17, 15) is 4.79 Å². The van der Waals surface area contributed by atoms with Crippen molar-refractivity contribution in [2.24, 2.45) is 0 Å². The maximum absolute atomic E-state index is 12.8. The summed E-state index contributed by atoms with van der Waals surface area (Å²) in [6.45, 7) is 2.42. The molecule has 2 heterocycles. The molecule has 6 heteroatoms. The molecule has 25 heavy (non-hydrogen) atoms. The highest BCUT2D eigenvalue weighted by Crippen LogP contribution is 2.20. The Morgan fingerprint density at radius 1 is 1.08 bits per heavy atom. The molecule has 1 aliphatic rings. The normalized spacial score (nSPS) is 13.3. The molecule has 0 amide bonds. The van der Waals surface area contributed by atoms with Crippen molar-refractivity contribution in [1.82, 2.24) is 14.8 Å². The molecular formula is C19H18N4O2. The smallest absolute Gasteiger partial charge is 0.195 e. The Hall–Kier alpha value is -2.99. The maximum Gasteiger partial charge on any atom is 0.195 e. The van der Waals surface area contributed by atoms with Gasteiger partial charge < -0.3 is 14.6 Å². The standard InChI is InChI=1S/C19H18N4O2/c24-19(14-6-2-1-3-7-14)15-8-4-5-9-16(15)20-12-17-21-22-18-13-25-11-10-23(17)18/h1-9,20H,10-13H2. The Labute approximate surface area is 145 Å². The molecule has 0 saturated carbocycles. The van der Waals surface area contributed by atoms with Crippen molar-refractivity contribution in [1.29, 1.82) is 0 Å². The number of ketones is 1. The van der Waals surface area contributed by atoms with Crippen molar-refractivity contribution in [3.63, 3.8) is 0 Å². The zero-order valence-electron chi connectivity index (χ0n) is 13.7. The first-order valence-corrected chi connectivity index (χ1v) is 8.24. The van der Waals surface area contributed by atoms with Gasteiger partial charge in [-0.25, -0.2) is 0 Å². The summed E-state index contributed by atoms with van der Waals surface area (Å²) in [5.74, 6) is 1.69. The molecular weight excluding hydrogens is 316 g/mol. The highest BCUT2D eigenvalue weighted by atomic mass is 16.5. The summed E-state index contributed by atoms with van der Waals surface area (Å²) in [5.41, 5.74) is 2.12. The Morgan fingerprint density at radius 3 is 2.76 bits per heavy atom. The first kappa shape index (κ1) is 15.5. The van der Waals surface area contributed by atoms with Crippen molar-refractivity contribution in [3.8, 4) is 0 Å². The zero-order chi connectivity index (χ0) is 17.1. The number of aromatic nitrogens is 3. The Kier molecular flexibility index (Phi) is 4.26. The van der Waals surface area contributed by atoms with Crippen LogP contribution in [0.3, 0.4) is 0 Å². The van der Waals surface area contributed by atoms with Crippen LogP contribution in [0, 0.1) is 0 Å². The average molecular weight is 334 g/mol. The monoisotopic (exact) mass is 334 g/mol. The lowest BCUT2D eigenvalue weighted by Crippen LogP contribution is -2.20. The van der Waals surface area contributed by atoms with Crippen LogP contribution in [0.2, 0.25) is 0 Å². The lowest BCUT2D eigenvalue weighted by Gasteiger charge is -2.16. The number of ether oxygens (including phenoxy) is 1. The van der Waals surface area contributed by atoms with E-state index in [0.29, 0.717) is 30.9 Å². The lowest BCUT2D eigenvalue weighted by molar-refractivity contribution is 0.0807. The van der Waals surface area contributed by atoms with Gasteiger partial charge >= 0.3 is 0 Å². The lowest BCUT2D eigenvalue weighted by atomic mass is 10.0. The number of nitrogens with one attached hydrogen (secondary N) is 1. The number of para-hydroxylation sites is 1. The van der Waals surface area contributed by atoms with Crippen LogP contribution in [-0.2, 0) is 24.4 Å². The molecule has 1 aliphatic heterocycles. The fourth-order valence-corrected chi connectivity index (χ4v) is 2.94. The van der Waals surface area contributed by atoms with E-state index in [1.807, 2.05) is 54.6 Å². The highest BCUT2D eigenvalue weighted by molar-refractivity contribution is 6.12. The zero-order valence-corrected chi connectivity index (χ0v) is 13.7. The van der Waals surface area contributed by atoms with E-state index in [2.05, 4.69) is 20.1 Å².